The van der Waals surface area contributed by atoms with Crippen LogP contribution >= 0.6 is 12.4 Å². The van der Waals surface area contributed by atoms with E-state index in [1.807, 2.05) is 18.2 Å². The van der Waals surface area contributed by atoms with Crippen LogP contribution in [0.5, 0.6) is 0 Å². The van der Waals surface area contributed by atoms with E-state index in [4.69, 9.17) is 5.73 Å². The fourth-order valence-corrected chi connectivity index (χ4v) is 1.15. The van der Waals surface area contributed by atoms with Gasteiger partial charge < -0.3 is 10.6 Å². The van der Waals surface area contributed by atoms with Crippen LogP contribution < -0.4 is 5.73 Å². The minimum Gasteiger partial charge on any atom is -0.345 e. The number of hydrogen-bond donors (Lipinski definition) is 1. The maximum absolute atomic E-state index is 11.6. The third-order valence-corrected chi connectivity index (χ3v) is 1.87. The van der Waals surface area contributed by atoms with E-state index >= 15 is 0 Å². The number of rotatable bonds is 2. The molecule has 3 nitrogen and oxygen atoms in total. The van der Waals surface area contributed by atoms with Crippen molar-refractivity contribution in [3.05, 3.63) is 35.4 Å². The molecule has 0 aliphatic carbocycles. The normalized spacial score (nSPS) is 9.07. The zero-order valence-electron chi connectivity index (χ0n) is 8.36. The SMILES string of the molecule is CN(C)C(=O)c1ccccc1CN.Cl. The molecular formula is C10H15ClN2O. The van der Waals surface area contributed by atoms with Gasteiger partial charge >= 0.3 is 0 Å². The number of carbonyl (C=O) groups is 1. The van der Waals surface area contributed by atoms with E-state index in [0.29, 0.717) is 12.1 Å². The highest BCUT2D eigenvalue weighted by molar-refractivity contribution is 5.95. The molecule has 14 heavy (non-hydrogen) atoms. The van der Waals surface area contributed by atoms with E-state index in [1.54, 1.807) is 25.1 Å². The van der Waals surface area contributed by atoms with Crippen LogP contribution in [0.15, 0.2) is 24.3 Å². The van der Waals surface area contributed by atoms with Gasteiger partial charge in [-0.1, -0.05) is 18.2 Å². The summed E-state index contributed by atoms with van der Waals surface area (Å²) in [6.07, 6.45) is 0. The van der Waals surface area contributed by atoms with Gasteiger partial charge in [-0.25, -0.2) is 0 Å². The molecule has 0 bridgehead atoms. The maximum Gasteiger partial charge on any atom is 0.253 e. The molecule has 0 unspecified atom stereocenters. The zero-order chi connectivity index (χ0) is 9.84. The van der Waals surface area contributed by atoms with E-state index in [2.05, 4.69) is 0 Å². The summed E-state index contributed by atoms with van der Waals surface area (Å²) in [7, 11) is 3.46. The molecule has 0 aliphatic rings. The highest BCUT2D eigenvalue weighted by Crippen LogP contribution is 2.09. The largest absolute Gasteiger partial charge is 0.345 e. The molecule has 0 fully saturated rings. The minimum absolute atomic E-state index is 0. The van der Waals surface area contributed by atoms with Crippen molar-refractivity contribution < 1.29 is 4.79 Å². The van der Waals surface area contributed by atoms with Crippen molar-refractivity contribution in [3.63, 3.8) is 0 Å². The Labute approximate surface area is 90.3 Å². The number of hydrogen-bond acceptors (Lipinski definition) is 2. The monoisotopic (exact) mass is 214 g/mol. The Kier molecular flexibility index (Phi) is 5.20. The lowest BCUT2D eigenvalue weighted by atomic mass is 10.1. The van der Waals surface area contributed by atoms with Crippen LogP contribution in [0, 0.1) is 0 Å². The Morgan fingerprint density at radius 2 is 1.93 bits per heavy atom. The molecule has 0 aliphatic heterocycles. The summed E-state index contributed by atoms with van der Waals surface area (Å²) < 4.78 is 0. The first-order chi connectivity index (χ1) is 6.16. The van der Waals surface area contributed by atoms with Gasteiger partial charge in [0.05, 0.1) is 0 Å². The van der Waals surface area contributed by atoms with Crippen LogP contribution in [0.25, 0.3) is 0 Å². The van der Waals surface area contributed by atoms with Crippen molar-refractivity contribution >= 4 is 18.3 Å². The van der Waals surface area contributed by atoms with Crippen molar-refractivity contribution in [2.75, 3.05) is 14.1 Å². The van der Waals surface area contributed by atoms with Crippen LogP contribution in [0.2, 0.25) is 0 Å². The van der Waals surface area contributed by atoms with Gasteiger partial charge in [-0.2, -0.15) is 0 Å². The van der Waals surface area contributed by atoms with Gasteiger partial charge in [-0.05, 0) is 11.6 Å². The van der Waals surface area contributed by atoms with Crippen molar-refractivity contribution in [3.8, 4) is 0 Å². The van der Waals surface area contributed by atoms with Crippen LogP contribution in [0.1, 0.15) is 15.9 Å². The summed E-state index contributed by atoms with van der Waals surface area (Å²) in [6, 6.07) is 7.39. The third-order valence-electron chi connectivity index (χ3n) is 1.87. The highest BCUT2D eigenvalue weighted by Gasteiger charge is 2.10. The van der Waals surface area contributed by atoms with Gasteiger partial charge in [-0.3, -0.25) is 4.79 Å². The molecule has 0 aromatic heterocycles. The highest BCUT2D eigenvalue weighted by atomic mass is 35.5. The van der Waals surface area contributed by atoms with Gasteiger partial charge in [0, 0.05) is 26.2 Å². The Hall–Kier alpha value is -1.06. The summed E-state index contributed by atoms with van der Waals surface area (Å²) in [5, 5.41) is 0. The van der Waals surface area contributed by atoms with Gasteiger partial charge in [0.2, 0.25) is 0 Å². The average molecular weight is 215 g/mol. The second kappa shape index (κ2) is 5.62. The summed E-state index contributed by atoms with van der Waals surface area (Å²) in [5.74, 6) is 0.000972. The Morgan fingerprint density at radius 3 is 2.43 bits per heavy atom. The molecular weight excluding hydrogens is 200 g/mol. The van der Waals surface area contributed by atoms with Gasteiger partial charge in [-0.15, -0.1) is 12.4 Å². The average Bonchev–Trinajstić information content (AvgIpc) is 2.16. The van der Waals surface area contributed by atoms with Crippen molar-refractivity contribution in [1.82, 2.24) is 4.90 Å². The molecule has 0 saturated carbocycles. The lowest BCUT2D eigenvalue weighted by molar-refractivity contribution is 0.0826. The zero-order valence-corrected chi connectivity index (χ0v) is 9.17. The topological polar surface area (TPSA) is 46.3 Å². The predicted octanol–water partition coefficient (Wildman–Crippen LogP) is 1.27. The molecule has 4 heteroatoms. The Balaban J connectivity index is 0.00000169. The first-order valence-corrected chi connectivity index (χ1v) is 4.16. The summed E-state index contributed by atoms with van der Waals surface area (Å²) in [6.45, 7) is 0.399. The summed E-state index contributed by atoms with van der Waals surface area (Å²) in [5.41, 5.74) is 7.10. The molecule has 1 rings (SSSR count). The third kappa shape index (κ3) is 2.72. The van der Waals surface area contributed by atoms with Crippen LogP contribution in [-0.2, 0) is 6.54 Å². The number of nitrogens with two attached hydrogens (primary N) is 1. The molecule has 0 saturated heterocycles. The number of benzene rings is 1. The second-order valence-electron chi connectivity index (χ2n) is 3.06. The lowest BCUT2D eigenvalue weighted by Gasteiger charge is -2.12. The smallest absolute Gasteiger partial charge is 0.253 e. The van der Waals surface area contributed by atoms with Gasteiger partial charge in [0.25, 0.3) is 5.91 Å². The van der Waals surface area contributed by atoms with Crippen LogP contribution in [0.4, 0.5) is 0 Å². The standard InChI is InChI=1S/C10H14N2O.ClH/c1-12(2)10(13)9-6-4-3-5-8(9)7-11;/h3-6H,7,11H2,1-2H3;1H. The summed E-state index contributed by atoms with van der Waals surface area (Å²) >= 11 is 0. The lowest BCUT2D eigenvalue weighted by Crippen LogP contribution is -2.23. The molecule has 2 N–H and O–H groups in total. The predicted molar refractivity (Wildman–Crippen MR) is 59.6 cm³/mol. The number of carbonyl (C=O) groups excluding carboxylic acids is 1. The maximum atomic E-state index is 11.6. The first-order valence-electron chi connectivity index (χ1n) is 4.16. The van der Waals surface area contributed by atoms with Gasteiger partial charge in [0.15, 0.2) is 0 Å². The molecule has 0 spiro atoms. The molecule has 0 atom stereocenters. The van der Waals surface area contributed by atoms with E-state index in [0.717, 1.165) is 5.56 Å². The Bertz CT molecular complexity index is 313. The van der Waals surface area contributed by atoms with E-state index in [9.17, 15) is 4.79 Å². The fourth-order valence-electron chi connectivity index (χ4n) is 1.15. The molecule has 1 aromatic carbocycles. The van der Waals surface area contributed by atoms with Crippen LogP contribution in [0.3, 0.4) is 0 Å². The number of halogens is 1. The molecule has 0 radical (unpaired) electrons. The van der Waals surface area contributed by atoms with E-state index < -0.39 is 0 Å². The second-order valence-corrected chi connectivity index (χ2v) is 3.06. The van der Waals surface area contributed by atoms with E-state index in [-0.39, 0.29) is 18.3 Å². The number of nitrogens with zero attached hydrogens (tertiary/aromatic N) is 1. The number of amides is 1. The molecule has 1 aromatic rings. The first kappa shape index (κ1) is 12.9. The Morgan fingerprint density at radius 1 is 1.36 bits per heavy atom. The van der Waals surface area contributed by atoms with Gasteiger partial charge in [0.1, 0.15) is 0 Å². The minimum atomic E-state index is 0. The molecule has 0 heterocycles. The molecule has 1 amide bonds. The quantitative estimate of drug-likeness (QED) is 0.806. The van der Waals surface area contributed by atoms with Crippen LogP contribution in [-0.4, -0.2) is 24.9 Å². The fraction of sp³-hybridized carbons (Fsp3) is 0.300. The summed E-state index contributed by atoms with van der Waals surface area (Å²) in [4.78, 5) is 13.1. The van der Waals surface area contributed by atoms with Crippen molar-refractivity contribution in [2.24, 2.45) is 5.73 Å². The van der Waals surface area contributed by atoms with Crippen molar-refractivity contribution in [1.29, 1.82) is 0 Å². The van der Waals surface area contributed by atoms with E-state index in [1.165, 1.54) is 0 Å². The van der Waals surface area contributed by atoms with Crippen molar-refractivity contribution in [2.45, 2.75) is 6.54 Å². The molecule has 78 valence electrons.